The first-order chi connectivity index (χ1) is 10.1. The number of carbonyl (C=O) groups is 2. The Labute approximate surface area is 127 Å². The third-order valence-corrected chi connectivity index (χ3v) is 3.83. The number of anilines is 1. The minimum absolute atomic E-state index is 0.0167. The van der Waals surface area contributed by atoms with Gasteiger partial charge >= 0.3 is 0 Å². The van der Waals surface area contributed by atoms with Gasteiger partial charge in [-0.15, -0.1) is 0 Å². The quantitative estimate of drug-likeness (QED) is 0.854. The van der Waals surface area contributed by atoms with Crippen molar-refractivity contribution in [3.8, 4) is 0 Å². The minimum Gasteiger partial charge on any atom is -0.378 e. The molecule has 1 atom stereocenters. The lowest BCUT2D eigenvalue weighted by atomic mass is 10.1. The van der Waals surface area contributed by atoms with Gasteiger partial charge in [0.05, 0.1) is 11.1 Å². The number of rotatable bonds is 3. The van der Waals surface area contributed by atoms with Crippen molar-refractivity contribution >= 4 is 29.1 Å². The fourth-order valence-electron chi connectivity index (χ4n) is 2.41. The monoisotopic (exact) mass is 300 g/mol. The summed E-state index contributed by atoms with van der Waals surface area (Å²) in [5, 5.41) is 6.25. The highest BCUT2D eigenvalue weighted by molar-refractivity contribution is 6.31. The molecule has 1 heterocycles. The van der Waals surface area contributed by atoms with Crippen molar-refractivity contribution in [3.05, 3.63) is 64.2 Å². The molecule has 2 amide bonds. The molecule has 0 aliphatic carbocycles. The van der Waals surface area contributed by atoms with Gasteiger partial charge in [0.15, 0.2) is 0 Å². The van der Waals surface area contributed by atoms with Crippen molar-refractivity contribution in [2.24, 2.45) is 0 Å². The maximum Gasteiger partial charge on any atom is 0.259 e. The van der Waals surface area contributed by atoms with Crippen LogP contribution in [0.3, 0.4) is 0 Å². The molecule has 21 heavy (non-hydrogen) atoms. The first kappa shape index (κ1) is 13.6. The van der Waals surface area contributed by atoms with Crippen LogP contribution in [0.25, 0.3) is 0 Å². The molecule has 0 spiro atoms. The third kappa shape index (κ3) is 2.50. The van der Waals surface area contributed by atoms with Gasteiger partial charge in [-0.2, -0.15) is 0 Å². The number of imide groups is 1. The number of hydrogen-bond donors (Lipinski definition) is 2. The Balaban J connectivity index is 1.86. The summed E-state index contributed by atoms with van der Waals surface area (Å²) >= 11 is 6.17. The largest absolute Gasteiger partial charge is 0.378 e. The van der Waals surface area contributed by atoms with E-state index >= 15 is 0 Å². The van der Waals surface area contributed by atoms with E-state index in [4.69, 9.17) is 11.6 Å². The second-order valence-corrected chi connectivity index (χ2v) is 5.34. The number of fused-ring (bicyclic) bond motifs is 1. The number of carbonyl (C=O) groups excluding carboxylic acids is 2. The summed E-state index contributed by atoms with van der Waals surface area (Å²) < 4.78 is 0. The maximum absolute atomic E-state index is 11.7. The van der Waals surface area contributed by atoms with Crippen LogP contribution in [-0.2, 0) is 0 Å². The Morgan fingerprint density at radius 3 is 2.52 bits per heavy atom. The highest BCUT2D eigenvalue weighted by Crippen LogP contribution is 2.27. The average Bonchev–Trinajstić information content (AvgIpc) is 2.74. The fraction of sp³-hybridized carbons (Fsp3) is 0.125. The van der Waals surface area contributed by atoms with Crippen LogP contribution in [0.15, 0.2) is 42.5 Å². The smallest absolute Gasteiger partial charge is 0.259 e. The van der Waals surface area contributed by atoms with E-state index < -0.39 is 0 Å². The van der Waals surface area contributed by atoms with Crippen LogP contribution in [0.5, 0.6) is 0 Å². The molecule has 4 nitrogen and oxygen atoms in total. The Bertz CT molecular complexity index is 743. The second kappa shape index (κ2) is 5.22. The Hall–Kier alpha value is -2.33. The lowest BCUT2D eigenvalue weighted by Gasteiger charge is -2.17. The maximum atomic E-state index is 11.7. The number of nitrogens with one attached hydrogen (secondary N) is 2. The summed E-state index contributed by atoms with van der Waals surface area (Å²) in [6.07, 6.45) is 0. The van der Waals surface area contributed by atoms with Gasteiger partial charge in [-0.25, -0.2) is 0 Å². The second-order valence-electron chi connectivity index (χ2n) is 4.93. The van der Waals surface area contributed by atoms with Crippen molar-refractivity contribution in [3.63, 3.8) is 0 Å². The predicted molar refractivity (Wildman–Crippen MR) is 81.7 cm³/mol. The number of halogens is 1. The fourth-order valence-corrected chi connectivity index (χ4v) is 2.71. The molecule has 0 saturated carbocycles. The topological polar surface area (TPSA) is 58.2 Å². The van der Waals surface area contributed by atoms with Gasteiger partial charge < -0.3 is 5.32 Å². The molecule has 5 heteroatoms. The number of hydrogen-bond acceptors (Lipinski definition) is 3. The summed E-state index contributed by atoms with van der Waals surface area (Å²) in [5.41, 5.74) is 2.55. The van der Waals surface area contributed by atoms with E-state index in [0.29, 0.717) is 16.1 Å². The molecule has 1 unspecified atom stereocenters. The highest BCUT2D eigenvalue weighted by atomic mass is 35.5. The average molecular weight is 301 g/mol. The van der Waals surface area contributed by atoms with Crippen molar-refractivity contribution in [1.29, 1.82) is 0 Å². The molecular weight excluding hydrogens is 288 g/mol. The standard InChI is InChI=1S/C16H13ClN2O2/c1-9(11-4-2-3-5-14(11)17)18-10-6-7-12-13(8-10)16(21)19-15(12)20/h2-9,18H,1H3,(H,19,20,21). The summed E-state index contributed by atoms with van der Waals surface area (Å²) in [5.74, 6) is -0.704. The number of amides is 2. The molecular formula is C16H13ClN2O2. The summed E-state index contributed by atoms with van der Waals surface area (Å²) in [4.78, 5) is 23.2. The minimum atomic E-state index is -0.357. The van der Waals surface area contributed by atoms with Crippen molar-refractivity contribution in [2.75, 3.05) is 5.32 Å². The molecule has 3 rings (SSSR count). The zero-order valence-electron chi connectivity index (χ0n) is 11.3. The van der Waals surface area contributed by atoms with Crippen molar-refractivity contribution < 1.29 is 9.59 Å². The van der Waals surface area contributed by atoms with Gasteiger partial charge in [0.2, 0.25) is 0 Å². The Morgan fingerprint density at radius 1 is 1.05 bits per heavy atom. The van der Waals surface area contributed by atoms with Gasteiger partial charge in [-0.1, -0.05) is 29.8 Å². The van der Waals surface area contributed by atoms with Gasteiger partial charge in [-0.3, -0.25) is 14.9 Å². The number of benzene rings is 2. The van der Waals surface area contributed by atoms with E-state index in [2.05, 4.69) is 10.6 Å². The van der Waals surface area contributed by atoms with Crippen LogP contribution >= 0.6 is 11.6 Å². The van der Waals surface area contributed by atoms with Crippen LogP contribution < -0.4 is 10.6 Å². The van der Waals surface area contributed by atoms with Gasteiger partial charge in [0.1, 0.15) is 0 Å². The first-order valence-electron chi connectivity index (χ1n) is 6.57. The van der Waals surface area contributed by atoms with E-state index in [1.165, 1.54) is 0 Å². The molecule has 106 valence electrons. The van der Waals surface area contributed by atoms with Gasteiger partial charge in [0, 0.05) is 16.8 Å². The van der Waals surface area contributed by atoms with Gasteiger partial charge in [0.25, 0.3) is 11.8 Å². The van der Waals surface area contributed by atoms with Crippen molar-refractivity contribution in [1.82, 2.24) is 5.32 Å². The zero-order chi connectivity index (χ0) is 15.0. The van der Waals surface area contributed by atoms with E-state index in [1.54, 1.807) is 18.2 Å². The molecule has 0 radical (unpaired) electrons. The lowest BCUT2D eigenvalue weighted by molar-refractivity contribution is 0.0879. The molecule has 0 fully saturated rings. The lowest BCUT2D eigenvalue weighted by Crippen LogP contribution is -2.19. The highest BCUT2D eigenvalue weighted by Gasteiger charge is 2.26. The molecule has 0 aromatic heterocycles. The zero-order valence-corrected chi connectivity index (χ0v) is 12.1. The summed E-state index contributed by atoms with van der Waals surface area (Å²) in [6.45, 7) is 1.99. The van der Waals surface area contributed by atoms with Crippen LogP contribution in [0.4, 0.5) is 5.69 Å². The van der Waals surface area contributed by atoms with E-state index in [-0.39, 0.29) is 17.9 Å². The van der Waals surface area contributed by atoms with Crippen LogP contribution in [0.2, 0.25) is 5.02 Å². The van der Waals surface area contributed by atoms with E-state index in [9.17, 15) is 9.59 Å². The molecule has 2 aromatic rings. The first-order valence-corrected chi connectivity index (χ1v) is 6.95. The molecule has 0 bridgehead atoms. The van der Waals surface area contributed by atoms with E-state index in [1.807, 2.05) is 31.2 Å². The third-order valence-electron chi connectivity index (χ3n) is 3.49. The Morgan fingerprint density at radius 2 is 1.76 bits per heavy atom. The predicted octanol–water partition coefficient (Wildman–Crippen LogP) is 3.40. The molecule has 1 aliphatic heterocycles. The normalized spacial score (nSPS) is 14.6. The molecule has 2 aromatic carbocycles. The van der Waals surface area contributed by atoms with Crippen LogP contribution in [0.1, 0.15) is 39.2 Å². The Kier molecular flexibility index (Phi) is 3.39. The summed E-state index contributed by atoms with van der Waals surface area (Å²) in [6, 6.07) is 12.7. The van der Waals surface area contributed by atoms with Crippen LogP contribution in [-0.4, -0.2) is 11.8 Å². The molecule has 1 aliphatic rings. The van der Waals surface area contributed by atoms with E-state index in [0.717, 1.165) is 11.3 Å². The van der Waals surface area contributed by atoms with Crippen LogP contribution in [0, 0.1) is 0 Å². The van der Waals surface area contributed by atoms with Gasteiger partial charge in [-0.05, 0) is 36.8 Å². The van der Waals surface area contributed by atoms with Crippen molar-refractivity contribution in [2.45, 2.75) is 13.0 Å². The molecule has 2 N–H and O–H groups in total. The molecule has 0 saturated heterocycles. The summed E-state index contributed by atoms with van der Waals surface area (Å²) in [7, 11) is 0. The SMILES string of the molecule is CC(Nc1ccc2c(c1)C(=O)NC2=O)c1ccccc1Cl.